The molecule has 0 bridgehead atoms. The van der Waals surface area contributed by atoms with E-state index in [1.165, 1.54) is 4.90 Å². The second-order valence-corrected chi connectivity index (χ2v) is 6.27. The second kappa shape index (κ2) is 10.5. The zero-order valence-electron chi connectivity index (χ0n) is 15.8. The van der Waals surface area contributed by atoms with Gasteiger partial charge in [0.2, 0.25) is 11.8 Å². The summed E-state index contributed by atoms with van der Waals surface area (Å²) < 4.78 is 5.34. The van der Waals surface area contributed by atoms with E-state index in [-0.39, 0.29) is 19.0 Å². The molecule has 0 spiro atoms. The highest BCUT2D eigenvalue weighted by molar-refractivity contribution is 5.96. The number of likely N-dealkylation sites (N-methyl/N-ethyl adjacent to an activating group) is 1. The summed E-state index contributed by atoms with van der Waals surface area (Å²) >= 11 is 0. The van der Waals surface area contributed by atoms with Crippen LogP contribution in [0.4, 0.5) is 16.2 Å². The summed E-state index contributed by atoms with van der Waals surface area (Å²) in [5.74, 6) is -0.700. The molecule has 9 heteroatoms. The third-order valence-corrected chi connectivity index (χ3v) is 3.94. The molecular weight excluding hydrogens is 350 g/mol. The first-order valence-electron chi connectivity index (χ1n) is 8.96. The van der Waals surface area contributed by atoms with Gasteiger partial charge in [-0.1, -0.05) is 0 Å². The van der Waals surface area contributed by atoms with Gasteiger partial charge < -0.3 is 20.3 Å². The first kappa shape index (κ1) is 20.7. The summed E-state index contributed by atoms with van der Waals surface area (Å²) in [5.41, 5.74) is 1.78. The standard InChI is InChI=1S/C18H27N5O4/c1-3-19-18(26)21-17(25)13-22(2)12-16(24)20-14-4-6-15(7-5-14)23-8-10-27-11-9-23/h4-7H,3,8-13H2,1-2H3,(H,20,24)(H2,19,21,25,26). The minimum absolute atomic E-state index is 0.0357. The third kappa shape index (κ3) is 7.24. The van der Waals surface area contributed by atoms with Gasteiger partial charge in [-0.3, -0.25) is 19.8 Å². The molecule has 1 aliphatic rings. The van der Waals surface area contributed by atoms with E-state index in [2.05, 4.69) is 20.9 Å². The van der Waals surface area contributed by atoms with Crippen molar-refractivity contribution in [2.45, 2.75) is 6.92 Å². The van der Waals surface area contributed by atoms with Crippen molar-refractivity contribution < 1.29 is 19.1 Å². The lowest BCUT2D eigenvalue weighted by Crippen LogP contribution is -2.44. The van der Waals surface area contributed by atoms with Gasteiger partial charge in [-0.2, -0.15) is 0 Å². The van der Waals surface area contributed by atoms with E-state index in [1.807, 2.05) is 24.3 Å². The highest BCUT2D eigenvalue weighted by Crippen LogP contribution is 2.18. The molecule has 1 aliphatic heterocycles. The molecule has 1 heterocycles. The zero-order chi connectivity index (χ0) is 19.6. The van der Waals surface area contributed by atoms with Gasteiger partial charge >= 0.3 is 6.03 Å². The molecule has 1 fully saturated rings. The number of nitrogens with one attached hydrogen (secondary N) is 3. The Balaban J connectivity index is 1.75. The van der Waals surface area contributed by atoms with Crippen LogP contribution in [0.25, 0.3) is 0 Å². The van der Waals surface area contributed by atoms with Crippen molar-refractivity contribution in [2.75, 3.05) is 63.2 Å². The highest BCUT2D eigenvalue weighted by atomic mass is 16.5. The lowest BCUT2D eigenvalue weighted by atomic mass is 10.2. The molecule has 0 atom stereocenters. The van der Waals surface area contributed by atoms with Gasteiger partial charge in [-0.25, -0.2) is 4.79 Å². The lowest BCUT2D eigenvalue weighted by molar-refractivity contribution is -0.122. The largest absolute Gasteiger partial charge is 0.378 e. The maximum atomic E-state index is 12.1. The Bertz CT molecular complexity index is 644. The number of urea groups is 1. The highest BCUT2D eigenvalue weighted by Gasteiger charge is 2.14. The molecule has 2 rings (SSSR count). The maximum Gasteiger partial charge on any atom is 0.321 e. The molecule has 0 saturated carbocycles. The van der Waals surface area contributed by atoms with E-state index in [4.69, 9.17) is 4.74 Å². The monoisotopic (exact) mass is 377 g/mol. The molecular formula is C18H27N5O4. The fourth-order valence-electron chi connectivity index (χ4n) is 2.69. The van der Waals surface area contributed by atoms with Gasteiger partial charge in [0, 0.05) is 31.0 Å². The molecule has 9 nitrogen and oxygen atoms in total. The molecule has 148 valence electrons. The summed E-state index contributed by atoms with van der Waals surface area (Å²) in [4.78, 5) is 38.9. The van der Waals surface area contributed by atoms with Crippen LogP contribution in [-0.2, 0) is 14.3 Å². The van der Waals surface area contributed by atoms with Crippen molar-refractivity contribution in [2.24, 2.45) is 0 Å². The summed E-state index contributed by atoms with van der Waals surface area (Å²) in [5, 5.41) is 7.47. The second-order valence-electron chi connectivity index (χ2n) is 6.27. The van der Waals surface area contributed by atoms with Crippen LogP contribution in [0.5, 0.6) is 0 Å². The van der Waals surface area contributed by atoms with Crippen molar-refractivity contribution in [3.63, 3.8) is 0 Å². The van der Waals surface area contributed by atoms with Crippen LogP contribution in [-0.4, -0.2) is 75.7 Å². The Morgan fingerprint density at radius 2 is 1.70 bits per heavy atom. The first-order valence-corrected chi connectivity index (χ1v) is 8.96. The third-order valence-electron chi connectivity index (χ3n) is 3.94. The number of benzene rings is 1. The number of hydrogen-bond acceptors (Lipinski definition) is 6. The predicted octanol–water partition coefficient (Wildman–Crippen LogP) is 0.239. The zero-order valence-corrected chi connectivity index (χ0v) is 15.8. The van der Waals surface area contributed by atoms with E-state index in [0.29, 0.717) is 12.2 Å². The summed E-state index contributed by atoms with van der Waals surface area (Å²) in [6, 6.07) is 7.09. The van der Waals surface area contributed by atoms with Gasteiger partial charge in [-0.05, 0) is 38.2 Å². The van der Waals surface area contributed by atoms with Crippen LogP contribution in [0.2, 0.25) is 0 Å². The Labute approximate surface area is 159 Å². The Kier molecular flexibility index (Phi) is 8.02. The Morgan fingerprint density at radius 3 is 2.33 bits per heavy atom. The van der Waals surface area contributed by atoms with Gasteiger partial charge in [0.1, 0.15) is 0 Å². The first-order chi connectivity index (χ1) is 13.0. The molecule has 1 saturated heterocycles. The van der Waals surface area contributed by atoms with Gasteiger partial charge in [0.05, 0.1) is 26.3 Å². The number of imide groups is 1. The van der Waals surface area contributed by atoms with Crippen LogP contribution in [0.15, 0.2) is 24.3 Å². The van der Waals surface area contributed by atoms with Crippen LogP contribution in [0.1, 0.15) is 6.92 Å². The van der Waals surface area contributed by atoms with Gasteiger partial charge in [0.25, 0.3) is 0 Å². The number of nitrogens with zero attached hydrogens (tertiary/aromatic N) is 2. The average molecular weight is 377 g/mol. The van der Waals surface area contributed by atoms with Gasteiger partial charge in [0.15, 0.2) is 0 Å². The number of carbonyl (C=O) groups is 3. The maximum absolute atomic E-state index is 12.1. The predicted molar refractivity (Wildman–Crippen MR) is 103 cm³/mol. The minimum Gasteiger partial charge on any atom is -0.378 e. The van der Waals surface area contributed by atoms with Crippen molar-refractivity contribution in [1.29, 1.82) is 0 Å². The van der Waals surface area contributed by atoms with Crippen LogP contribution in [0.3, 0.4) is 0 Å². The van der Waals surface area contributed by atoms with E-state index >= 15 is 0 Å². The number of carbonyl (C=O) groups excluding carboxylic acids is 3. The van der Waals surface area contributed by atoms with Crippen LogP contribution in [0, 0.1) is 0 Å². The molecule has 1 aromatic rings. The number of hydrogen-bond donors (Lipinski definition) is 3. The summed E-state index contributed by atoms with van der Waals surface area (Å²) in [6.45, 7) is 5.32. The molecule has 0 radical (unpaired) electrons. The van der Waals surface area contributed by atoms with E-state index in [9.17, 15) is 14.4 Å². The van der Waals surface area contributed by atoms with E-state index in [0.717, 1.165) is 32.0 Å². The normalized spacial score (nSPS) is 14.0. The Morgan fingerprint density at radius 1 is 1.07 bits per heavy atom. The number of ether oxygens (including phenoxy) is 1. The topological polar surface area (TPSA) is 103 Å². The number of rotatable bonds is 7. The Hall–Kier alpha value is -2.65. The molecule has 0 unspecified atom stereocenters. The summed E-state index contributed by atoms with van der Waals surface area (Å²) in [6.07, 6.45) is 0. The van der Waals surface area contributed by atoms with Gasteiger partial charge in [-0.15, -0.1) is 0 Å². The van der Waals surface area contributed by atoms with Crippen molar-refractivity contribution in [1.82, 2.24) is 15.5 Å². The van der Waals surface area contributed by atoms with Crippen LogP contribution < -0.4 is 20.9 Å². The molecule has 27 heavy (non-hydrogen) atoms. The fourth-order valence-corrected chi connectivity index (χ4v) is 2.69. The van der Waals surface area contributed by atoms with Crippen molar-refractivity contribution >= 4 is 29.2 Å². The molecule has 3 N–H and O–H groups in total. The molecule has 1 aromatic carbocycles. The molecule has 0 aromatic heterocycles. The van der Waals surface area contributed by atoms with Crippen molar-refractivity contribution in [3.8, 4) is 0 Å². The van der Waals surface area contributed by atoms with Crippen LogP contribution >= 0.6 is 0 Å². The number of anilines is 2. The number of morpholine rings is 1. The average Bonchev–Trinajstić information content (AvgIpc) is 2.62. The SMILES string of the molecule is CCNC(=O)NC(=O)CN(C)CC(=O)Nc1ccc(N2CCOCC2)cc1. The lowest BCUT2D eigenvalue weighted by Gasteiger charge is -2.28. The number of amides is 4. The summed E-state index contributed by atoms with van der Waals surface area (Å²) in [7, 11) is 1.64. The molecule has 0 aliphatic carbocycles. The van der Waals surface area contributed by atoms with E-state index in [1.54, 1.807) is 14.0 Å². The quantitative estimate of drug-likeness (QED) is 0.629. The molecule has 4 amide bonds. The van der Waals surface area contributed by atoms with Crippen molar-refractivity contribution in [3.05, 3.63) is 24.3 Å². The minimum atomic E-state index is -0.541. The van der Waals surface area contributed by atoms with E-state index < -0.39 is 11.9 Å². The fraction of sp³-hybridized carbons (Fsp3) is 0.500. The smallest absolute Gasteiger partial charge is 0.321 e.